The minimum atomic E-state index is -2.94. The number of hydrogen-bond donors (Lipinski definition) is 1. The molecular formula is C11H12Cl2N2O3S. The highest BCUT2D eigenvalue weighted by Gasteiger charge is 2.25. The zero-order valence-corrected chi connectivity index (χ0v) is 12.2. The van der Waals surface area contributed by atoms with Crippen LogP contribution in [0.5, 0.6) is 0 Å². The van der Waals surface area contributed by atoms with Crippen LogP contribution in [-0.4, -0.2) is 36.9 Å². The van der Waals surface area contributed by atoms with Gasteiger partial charge < -0.3 is 5.32 Å². The molecule has 0 radical (unpaired) electrons. The van der Waals surface area contributed by atoms with Gasteiger partial charge in [-0.05, 0) is 25.0 Å². The van der Waals surface area contributed by atoms with Crippen LogP contribution in [-0.2, 0) is 9.84 Å². The topological polar surface area (TPSA) is 76.1 Å². The van der Waals surface area contributed by atoms with Crippen LogP contribution in [0.15, 0.2) is 12.1 Å². The Morgan fingerprint density at radius 2 is 1.89 bits per heavy atom. The summed E-state index contributed by atoms with van der Waals surface area (Å²) in [6.07, 6.45) is 0.847. The first-order valence-corrected chi connectivity index (χ1v) is 8.28. The lowest BCUT2D eigenvalue weighted by Gasteiger charge is -2.23. The Bertz CT molecular complexity index is 590. The molecule has 0 bridgehead atoms. The molecule has 1 aliphatic heterocycles. The van der Waals surface area contributed by atoms with Gasteiger partial charge in [-0.2, -0.15) is 0 Å². The monoisotopic (exact) mass is 322 g/mol. The first-order valence-electron chi connectivity index (χ1n) is 5.71. The Balaban J connectivity index is 2.02. The summed E-state index contributed by atoms with van der Waals surface area (Å²) in [6.45, 7) is 0. The van der Waals surface area contributed by atoms with Crippen LogP contribution < -0.4 is 5.32 Å². The van der Waals surface area contributed by atoms with Gasteiger partial charge in [0, 0.05) is 6.04 Å². The van der Waals surface area contributed by atoms with Crippen LogP contribution in [0, 0.1) is 0 Å². The highest BCUT2D eigenvalue weighted by Crippen LogP contribution is 2.18. The summed E-state index contributed by atoms with van der Waals surface area (Å²) in [5.41, 5.74) is 0.236. The van der Waals surface area contributed by atoms with E-state index in [0.29, 0.717) is 12.8 Å². The van der Waals surface area contributed by atoms with Crippen LogP contribution >= 0.6 is 23.2 Å². The standard InChI is InChI=1S/C11H12Cl2N2O3S/c12-9-2-1-8(10(13)15-9)11(16)14-7-3-5-19(17,18)6-4-7/h1-2,7H,3-6H2,(H,14,16). The zero-order chi connectivity index (χ0) is 14.0. The Morgan fingerprint density at radius 3 is 2.47 bits per heavy atom. The number of carbonyl (C=O) groups is 1. The number of pyridine rings is 1. The number of hydrogen-bond acceptors (Lipinski definition) is 4. The van der Waals surface area contributed by atoms with Crippen molar-refractivity contribution in [3.05, 3.63) is 28.0 Å². The summed E-state index contributed by atoms with van der Waals surface area (Å²) in [5, 5.41) is 3.01. The third-order valence-corrected chi connectivity index (χ3v) is 5.16. The smallest absolute Gasteiger partial charge is 0.254 e. The molecule has 2 rings (SSSR count). The average Bonchev–Trinajstić information content (AvgIpc) is 2.31. The van der Waals surface area contributed by atoms with Crippen LogP contribution in [0.25, 0.3) is 0 Å². The van der Waals surface area contributed by atoms with Crippen molar-refractivity contribution in [1.29, 1.82) is 0 Å². The summed E-state index contributed by atoms with van der Waals surface area (Å²) < 4.78 is 22.6. The van der Waals surface area contributed by atoms with Crippen molar-refractivity contribution in [2.24, 2.45) is 0 Å². The summed E-state index contributed by atoms with van der Waals surface area (Å²) in [7, 11) is -2.94. The van der Waals surface area contributed by atoms with Crippen molar-refractivity contribution in [2.75, 3.05) is 11.5 Å². The minimum absolute atomic E-state index is 0.0356. The minimum Gasteiger partial charge on any atom is -0.349 e. The molecule has 19 heavy (non-hydrogen) atoms. The molecule has 0 aromatic carbocycles. The van der Waals surface area contributed by atoms with Gasteiger partial charge in [0.05, 0.1) is 17.1 Å². The van der Waals surface area contributed by atoms with Gasteiger partial charge in [-0.1, -0.05) is 23.2 Å². The molecule has 8 heteroatoms. The normalized spacial score (nSPS) is 19.1. The van der Waals surface area contributed by atoms with E-state index in [1.807, 2.05) is 0 Å². The van der Waals surface area contributed by atoms with Gasteiger partial charge in [0.2, 0.25) is 0 Å². The molecule has 0 saturated carbocycles. The van der Waals surface area contributed by atoms with E-state index in [0.717, 1.165) is 0 Å². The highest BCUT2D eigenvalue weighted by molar-refractivity contribution is 7.91. The molecule has 0 spiro atoms. The first kappa shape index (κ1) is 14.6. The molecule has 104 valence electrons. The number of rotatable bonds is 2. The van der Waals surface area contributed by atoms with Crippen molar-refractivity contribution in [3.8, 4) is 0 Å². The van der Waals surface area contributed by atoms with Gasteiger partial charge in [0.1, 0.15) is 20.1 Å². The Morgan fingerprint density at radius 1 is 1.26 bits per heavy atom. The fraction of sp³-hybridized carbons (Fsp3) is 0.455. The van der Waals surface area contributed by atoms with Crippen LogP contribution in [0.2, 0.25) is 10.3 Å². The van der Waals surface area contributed by atoms with Gasteiger partial charge >= 0.3 is 0 Å². The second-order valence-corrected chi connectivity index (χ2v) is 7.42. The molecule has 0 atom stereocenters. The lowest BCUT2D eigenvalue weighted by Crippen LogP contribution is -2.41. The van der Waals surface area contributed by atoms with Crippen LogP contribution in [0.4, 0.5) is 0 Å². The molecule has 0 aliphatic carbocycles. The molecule has 0 unspecified atom stereocenters. The molecule has 5 nitrogen and oxygen atoms in total. The number of sulfone groups is 1. The van der Waals surface area contributed by atoms with Crippen molar-refractivity contribution < 1.29 is 13.2 Å². The predicted octanol–water partition coefficient (Wildman–Crippen LogP) is 1.70. The zero-order valence-electron chi connectivity index (χ0n) is 9.90. The summed E-state index contributed by atoms with van der Waals surface area (Å²) in [6, 6.07) is 2.82. The maximum Gasteiger partial charge on any atom is 0.254 e. The molecule has 1 fully saturated rings. The third-order valence-electron chi connectivity index (χ3n) is 2.95. The van der Waals surface area contributed by atoms with Gasteiger partial charge in [-0.3, -0.25) is 4.79 Å². The fourth-order valence-electron chi connectivity index (χ4n) is 1.88. The SMILES string of the molecule is O=C(NC1CCS(=O)(=O)CC1)c1ccc(Cl)nc1Cl. The molecule has 1 amide bonds. The van der Waals surface area contributed by atoms with E-state index in [-0.39, 0.29) is 39.3 Å². The van der Waals surface area contributed by atoms with E-state index < -0.39 is 9.84 Å². The first-order chi connectivity index (χ1) is 8.87. The third kappa shape index (κ3) is 3.81. The number of aromatic nitrogens is 1. The lowest BCUT2D eigenvalue weighted by molar-refractivity contribution is 0.0934. The lowest BCUT2D eigenvalue weighted by atomic mass is 10.1. The predicted molar refractivity (Wildman–Crippen MR) is 73.4 cm³/mol. The summed E-state index contributed by atoms with van der Waals surface area (Å²) in [4.78, 5) is 15.8. The van der Waals surface area contributed by atoms with Crippen LogP contribution in [0.3, 0.4) is 0 Å². The second-order valence-electron chi connectivity index (χ2n) is 4.37. The molecule has 1 aromatic heterocycles. The Labute approximate surface area is 121 Å². The van der Waals surface area contributed by atoms with Crippen molar-refractivity contribution >= 4 is 38.9 Å². The van der Waals surface area contributed by atoms with E-state index in [2.05, 4.69) is 10.3 Å². The van der Waals surface area contributed by atoms with Gasteiger partial charge in [0.25, 0.3) is 5.91 Å². The van der Waals surface area contributed by atoms with Crippen LogP contribution in [0.1, 0.15) is 23.2 Å². The molecule has 2 heterocycles. The molecule has 1 aliphatic rings. The highest BCUT2D eigenvalue weighted by atomic mass is 35.5. The largest absolute Gasteiger partial charge is 0.349 e. The molecule has 1 saturated heterocycles. The van der Waals surface area contributed by atoms with E-state index >= 15 is 0 Å². The van der Waals surface area contributed by atoms with Gasteiger partial charge in [-0.25, -0.2) is 13.4 Å². The number of halogens is 2. The summed E-state index contributed by atoms with van der Waals surface area (Å²) >= 11 is 11.5. The second kappa shape index (κ2) is 5.64. The van der Waals surface area contributed by atoms with Crippen molar-refractivity contribution in [3.63, 3.8) is 0 Å². The maximum absolute atomic E-state index is 12.0. The number of nitrogens with zero attached hydrogens (tertiary/aromatic N) is 1. The Kier molecular flexibility index (Phi) is 4.32. The molecule has 1 N–H and O–H groups in total. The van der Waals surface area contributed by atoms with Gasteiger partial charge in [0.15, 0.2) is 0 Å². The van der Waals surface area contributed by atoms with E-state index in [1.54, 1.807) is 0 Å². The number of carbonyl (C=O) groups excluding carboxylic acids is 1. The van der Waals surface area contributed by atoms with Crippen molar-refractivity contribution in [2.45, 2.75) is 18.9 Å². The Hall–Kier alpha value is -0.850. The van der Waals surface area contributed by atoms with E-state index in [9.17, 15) is 13.2 Å². The fourth-order valence-corrected chi connectivity index (χ4v) is 3.80. The molecule has 1 aromatic rings. The summed E-state index contributed by atoms with van der Waals surface area (Å²) in [5.74, 6) is -0.159. The van der Waals surface area contributed by atoms with E-state index in [4.69, 9.17) is 23.2 Å². The number of nitrogens with one attached hydrogen (secondary N) is 1. The average molecular weight is 323 g/mol. The molecular weight excluding hydrogens is 311 g/mol. The number of amides is 1. The van der Waals surface area contributed by atoms with Crippen molar-refractivity contribution in [1.82, 2.24) is 10.3 Å². The quantitative estimate of drug-likeness (QED) is 0.841. The van der Waals surface area contributed by atoms with Gasteiger partial charge in [-0.15, -0.1) is 0 Å². The van der Waals surface area contributed by atoms with E-state index in [1.165, 1.54) is 12.1 Å². The maximum atomic E-state index is 12.0.